The van der Waals surface area contributed by atoms with Gasteiger partial charge in [-0.25, -0.2) is 0 Å². The van der Waals surface area contributed by atoms with E-state index in [1.165, 1.54) is 6.42 Å². The zero-order chi connectivity index (χ0) is 14.8. The highest BCUT2D eigenvalue weighted by atomic mass is 35.5. The maximum Gasteiger partial charge on any atom is 0.0735 e. The van der Waals surface area contributed by atoms with Crippen molar-refractivity contribution < 1.29 is 4.74 Å². The monoisotopic (exact) mass is 295 g/mol. The van der Waals surface area contributed by atoms with Gasteiger partial charge >= 0.3 is 0 Å². The van der Waals surface area contributed by atoms with Crippen LogP contribution in [0, 0.1) is 11.3 Å². The van der Waals surface area contributed by atoms with Gasteiger partial charge in [-0.2, -0.15) is 0 Å². The van der Waals surface area contributed by atoms with Crippen molar-refractivity contribution in [2.45, 2.75) is 59.3 Å². The number of hydrogen-bond donors (Lipinski definition) is 1. The van der Waals surface area contributed by atoms with Crippen LogP contribution in [0.25, 0.3) is 0 Å². The average molecular weight is 296 g/mol. The molecule has 0 radical (unpaired) electrons. The van der Waals surface area contributed by atoms with Gasteiger partial charge in [0.25, 0.3) is 0 Å². The summed E-state index contributed by atoms with van der Waals surface area (Å²) in [5.74, 6) is 0.735. The molecule has 0 aliphatic heterocycles. The predicted octanol–water partition coefficient (Wildman–Crippen LogP) is 4.53. The van der Waals surface area contributed by atoms with Crippen LogP contribution in [-0.4, -0.2) is 6.10 Å². The molecular weight excluding hydrogens is 270 g/mol. The summed E-state index contributed by atoms with van der Waals surface area (Å²) in [4.78, 5) is 0. The highest BCUT2D eigenvalue weighted by Gasteiger charge is 2.32. The van der Waals surface area contributed by atoms with Gasteiger partial charge in [-0.15, -0.1) is 0 Å². The van der Waals surface area contributed by atoms with Crippen LogP contribution in [0.5, 0.6) is 0 Å². The Balaban J connectivity index is 1.95. The summed E-state index contributed by atoms with van der Waals surface area (Å²) in [6.45, 7) is 8.11. The number of benzene rings is 1. The van der Waals surface area contributed by atoms with E-state index < -0.39 is 0 Å². The molecule has 1 aromatic rings. The molecule has 1 aliphatic rings. The van der Waals surface area contributed by atoms with Gasteiger partial charge in [-0.05, 0) is 47.8 Å². The zero-order valence-corrected chi connectivity index (χ0v) is 13.5. The number of halogens is 1. The molecule has 112 valence electrons. The second-order valence-electron chi connectivity index (χ2n) is 6.98. The van der Waals surface area contributed by atoms with Crippen molar-refractivity contribution >= 4 is 11.6 Å². The summed E-state index contributed by atoms with van der Waals surface area (Å²) in [6.07, 6.45) is 3.93. The Kier molecular flexibility index (Phi) is 5.11. The Morgan fingerprint density at radius 1 is 1.35 bits per heavy atom. The van der Waals surface area contributed by atoms with Crippen LogP contribution >= 0.6 is 11.6 Å². The number of rotatable bonds is 4. The lowest BCUT2D eigenvalue weighted by molar-refractivity contribution is -0.0315. The Morgan fingerprint density at radius 3 is 2.70 bits per heavy atom. The Labute approximate surface area is 127 Å². The Bertz CT molecular complexity index is 458. The third kappa shape index (κ3) is 4.21. The van der Waals surface area contributed by atoms with Crippen LogP contribution in [0.3, 0.4) is 0 Å². The van der Waals surface area contributed by atoms with Crippen molar-refractivity contribution in [3.8, 4) is 0 Å². The summed E-state index contributed by atoms with van der Waals surface area (Å²) in [5.41, 5.74) is 8.12. The minimum atomic E-state index is 0.346. The van der Waals surface area contributed by atoms with Crippen LogP contribution in [0.1, 0.15) is 51.2 Å². The smallest absolute Gasteiger partial charge is 0.0735 e. The molecule has 1 saturated carbocycles. The fourth-order valence-electron chi connectivity index (χ4n) is 3.43. The lowest BCUT2D eigenvalue weighted by Crippen LogP contribution is -2.32. The van der Waals surface area contributed by atoms with E-state index in [4.69, 9.17) is 22.1 Å². The minimum Gasteiger partial charge on any atom is -0.373 e. The number of hydrogen-bond acceptors (Lipinski definition) is 2. The fourth-order valence-corrected chi connectivity index (χ4v) is 3.69. The number of ether oxygens (including phenoxy) is 1. The van der Waals surface area contributed by atoms with E-state index in [2.05, 4.69) is 20.8 Å². The third-order valence-corrected chi connectivity index (χ3v) is 4.53. The first-order chi connectivity index (χ1) is 9.39. The van der Waals surface area contributed by atoms with Gasteiger partial charge in [0.15, 0.2) is 0 Å². The van der Waals surface area contributed by atoms with Crippen LogP contribution in [0.15, 0.2) is 18.2 Å². The molecule has 0 bridgehead atoms. The zero-order valence-electron chi connectivity index (χ0n) is 12.8. The van der Waals surface area contributed by atoms with Gasteiger partial charge in [0.2, 0.25) is 0 Å². The lowest BCUT2D eigenvalue weighted by atomic mass is 9.71. The molecule has 2 nitrogen and oxygen atoms in total. The van der Waals surface area contributed by atoms with Gasteiger partial charge < -0.3 is 10.5 Å². The van der Waals surface area contributed by atoms with Gasteiger partial charge in [0.05, 0.1) is 12.7 Å². The van der Waals surface area contributed by atoms with E-state index in [1.54, 1.807) is 0 Å². The molecule has 1 fully saturated rings. The molecule has 2 rings (SSSR count). The van der Waals surface area contributed by atoms with Gasteiger partial charge in [0.1, 0.15) is 0 Å². The summed E-state index contributed by atoms with van der Waals surface area (Å²) >= 11 is 6.28. The molecule has 2 atom stereocenters. The molecular formula is C17H26ClNO. The first-order valence-corrected chi connectivity index (χ1v) is 7.86. The maximum atomic E-state index is 6.28. The van der Waals surface area contributed by atoms with Crippen molar-refractivity contribution in [1.82, 2.24) is 0 Å². The van der Waals surface area contributed by atoms with E-state index in [-0.39, 0.29) is 0 Å². The Morgan fingerprint density at radius 2 is 2.10 bits per heavy atom. The standard InChI is InChI=1S/C17H26ClNO/c1-12-6-15(9-17(2,3)8-12)20-11-14-5-4-13(10-19)7-16(14)18/h4-5,7,12,15H,6,8-11,19H2,1-3H3. The normalized spacial score (nSPS) is 25.6. The van der Waals surface area contributed by atoms with Gasteiger partial charge in [0, 0.05) is 11.6 Å². The molecule has 1 aliphatic carbocycles. The average Bonchev–Trinajstić information content (AvgIpc) is 2.34. The topological polar surface area (TPSA) is 35.2 Å². The summed E-state index contributed by atoms with van der Waals surface area (Å²) in [5, 5.41) is 0.760. The quantitative estimate of drug-likeness (QED) is 0.885. The second kappa shape index (κ2) is 6.46. The van der Waals surface area contributed by atoms with Crippen molar-refractivity contribution in [3.63, 3.8) is 0 Å². The minimum absolute atomic E-state index is 0.346. The molecule has 20 heavy (non-hydrogen) atoms. The second-order valence-corrected chi connectivity index (χ2v) is 7.38. The molecule has 0 spiro atoms. The fraction of sp³-hybridized carbons (Fsp3) is 0.647. The van der Waals surface area contributed by atoms with Crippen LogP contribution in [-0.2, 0) is 17.9 Å². The van der Waals surface area contributed by atoms with Gasteiger partial charge in [-0.3, -0.25) is 0 Å². The Hall–Kier alpha value is -0.570. The molecule has 2 N–H and O–H groups in total. The molecule has 0 heterocycles. The van der Waals surface area contributed by atoms with Crippen LogP contribution in [0.4, 0.5) is 0 Å². The predicted molar refractivity (Wildman–Crippen MR) is 84.7 cm³/mol. The van der Waals surface area contributed by atoms with Crippen LogP contribution in [0.2, 0.25) is 5.02 Å². The van der Waals surface area contributed by atoms with Crippen molar-refractivity contribution in [1.29, 1.82) is 0 Å². The van der Waals surface area contributed by atoms with Crippen molar-refractivity contribution in [3.05, 3.63) is 34.3 Å². The largest absolute Gasteiger partial charge is 0.373 e. The van der Waals surface area contributed by atoms with Crippen molar-refractivity contribution in [2.75, 3.05) is 0 Å². The molecule has 1 aromatic carbocycles. The van der Waals surface area contributed by atoms with Crippen LogP contribution < -0.4 is 5.73 Å². The van der Waals surface area contributed by atoms with E-state index in [1.807, 2.05) is 18.2 Å². The van der Waals surface area contributed by atoms with Gasteiger partial charge in [-0.1, -0.05) is 44.5 Å². The first kappa shape index (κ1) is 15.8. The van der Waals surface area contributed by atoms with E-state index in [0.29, 0.717) is 24.7 Å². The molecule has 2 unspecified atom stereocenters. The lowest BCUT2D eigenvalue weighted by Gasteiger charge is -2.38. The summed E-state index contributed by atoms with van der Waals surface area (Å²) in [6, 6.07) is 5.99. The summed E-state index contributed by atoms with van der Waals surface area (Å²) in [7, 11) is 0. The third-order valence-electron chi connectivity index (χ3n) is 4.17. The van der Waals surface area contributed by atoms with Crippen molar-refractivity contribution in [2.24, 2.45) is 17.1 Å². The maximum absolute atomic E-state index is 6.28. The highest BCUT2D eigenvalue weighted by Crippen LogP contribution is 2.40. The molecule has 0 aromatic heterocycles. The number of nitrogens with two attached hydrogens (primary N) is 1. The van der Waals surface area contributed by atoms with E-state index in [9.17, 15) is 0 Å². The first-order valence-electron chi connectivity index (χ1n) is 7.48. The highest BCUT2D eigenvalue weighted by molar-refractivity contribution is 6.31. The van der Waals surface area contributed by atoms with E-state index in [0.717, 1.165) is 34.9 Å². The summed E-state index contributed by atoms with van der Waals surface area (Å²) < 4.78 is 6.11. The SMILES string of the molecule is CC1CC(OCc2ccc(CN)cc2Cl)CC(C)(C)C1. The molecule has 0 amide bonds. The molecule has 3 heteroatoms. The molecule has 0 saturated heterocycles. The van der Waals surface area contributed by atoms with E-state index >= 15 is 0 Å².